The summed E-state index contributed by atoms with van der Waals surface area (Å²) in [7, 11) is 0. The Morgan fingerprint density at radius 3 is 2.53 bits per heavy atom. The first kappa shape index (κ1) is 25.3. The summed E-state index contributed by atoms with van der Waals surface area (Å²) in [5.41, 5.74) is 4.70. The number of alkyl halides is 3. The van der Waals surface area contributed by atoms with E-state index in [1.165, 1.54) is 0 Å². The zero-order valence-electron chi connectivity index (χ0n) is 20.5. The van der Waals surface area contributed by atoms with Crippen LogP contribution in [0.4, 0.5) is 18.9 Å². The molecule has 0 radical (unpaired) electrons. The highest BCUT2D eigenvalue weighted by molar-refractivity contribution is 6.04. The van der Waals surface area contributed by atoms with Crippen LogP contribution in [0.3, 0.4) is 0 Å². The number of hydrogen-bond donors (Lipinski definition) is 1. The van der Waals surface area contributed by atoms with Crippen molar-refractivity contribution >= 4 is 17.8 Å². The van der Waals surface area contributed by atoms with E-state index in [0.29, 0.717) is 52.1 Å². The molecule has 6 nitrogen and oxygen atoms in total. The lowest BCUT2D eigenvalue weighted by Crippen LogP contribution is -2.30. The number of aromatic nitrogens is 4. The number of carbonyl (C=O) groups excluding carboxylic acids is 1. The highest BCUT2D eigenvalue weighted by Crippen LogP contribution is 2.37. The van der Waals surface area contributed by atoms with E-state index in [4.69, 9.17) is 0 Å². The average molecular weight is 496 g/mol. The van der Waals surface area contributed by atoms with Gasteiger partial charge in [0.25, 0.3) is 5.91 Å². The van der Waals surface area contributed by atoms with Gasteiger partial charge in [-0.3, -0.25) is 14.3 Å². The molecule has 2 aromatic heterocycles. The zero-order valence-corrected chi connectivity index (χ0v) is 20.5. The molecule has 188 valence electrons. The Morgan fingerprint density at radius 2 is 1.89 bits per heavy atom. The predicted octanol–water partition coefficient (Wildman–Crippen LogP) is 6.10. The molecular formula is C27H28F3N5O. The number of amides is 1. The van der Waals surface area contributed by atoms with Crippen LogP contribution in [-0.4, -0.2) is 31.6 Å². The molecule has 1 unspecified atom stereocenters. The molecule has 0 fully saturated rings. The Hall–Kier alpha value is -3.75. The predicted molar refractivity (Wildman–Crippen MR) is 134 cm³/mol. The highest BCUT2D eigenvalue weighted by atomic mass is 19.4. The molecule has 1 atom stereocenters. The van der Waals surface area contributed by atoms with Gasteiger partial charge in [-0.25, -0.2) is 9.97 Å². The van der Waals surface area contributed by atoms with Crippen molar-refractivity contribution in [2.24, 2.45) is 5.92 Å². The van der Waals surface area contributed by atoms with Crippen LogP contribution < -0.4 is 5.32 Å². The molecule has 0 aliphatic heterocycles. The van der Waals surface area contributed by atoms with Crippen LogP contribution in [0, 0.1) is 19.8 Å². The average Bonchev–Trinajstić information content (AvgIpc) is 3.17. The van der Waals surface area contributed by atoms with E-state index in [2.05, 4.69) is 26.8 Å². The second-order valence-electron chi connectivity index (χ2n) is 8.82. The van der Waals surface area contributed by atoms with Gasteiger partial charge in [0.15, 0.2) is 0 Å². The fourth-order valence-corrected chi connectivity index (χ4v) is 4.48. The third-order valence-electron chi connectivity index (χ3n) is 6.35. The van der Waals surface area contributed by atoms with Gasteiger partial charge in [0, 0.05) is 23.9 Å². The van der Waals surface area contributed by atoms with Crippen LogP contribution in [0.2, 0.25) is 0 Å². The van der Waals surface area contributed by atoms with E-state index in [1.54, 1.807) is 54.1 Å². The van der Waals surface area contributed by atoms with Gasteiger partial charge in [-0.1, -0.05) is 31.7 Å². The number of nitrogens with one attached hydrogen (secondary N) is 1. The van der Waals surface area contributed by atoms with Crippen molar-refractivity contribution in [3.05, 3.63) is 77.3 Å². The number of anilines is 1. The number of carbonyl (C=O) groups is 1. The molecule has 9 heteroatoms. The molecule has 1 aliphatic carbocycles. The van der Waals surface area contributed by atoms with Gasteiger partial charge < -0.3 is 5.32 Å². The summed E-state index contributed by atoms with van der Waals surface area (Å²) in [4.78, 5) is 26.7. The van der Waals surface area contributed by atoms with E-state index >= 15 is 0 Å². The summed E-state index contributed by atoms with van der Waals surface area (Å²) in [6.07, 6.45) is 1.63. The molecule has 0 saturated carbocycles. The molecule has 1 aromatic carbocycles. The SMILES string of the molecule is C=C/C=C\n1c(C)nc(CC)c1C(=O)Nc1ccc(-c2nc3c(nc2C)CCC(C(F)(F)F)C3)cc1. The number of allylic oxidation sites excluding steroid dienone is 2. The van der Waals surface area contributed by atoms with E-state index in [1.807, 2.05) is 13.8 Å². The molecule has 1 aliphatic rings. The molecule has 0 bridgehead atoms. The maximum absolute atomic E-state index is 13.2. The van der Waals surface area contributed by atoms with Crippen LogP contribution in [0.15, 0.2) is 43.0 Å². The Bertz CT molecular complexity index is 1320. The van der Waals surface area contributed by atoms with Crippen molar-refractivity contribution < 1.29 is 18.0 Å². The summed E-state index contributed by atoms with van der Waals surface area (Å²) in [5, 5.41) is 2.91. The fourth-order valence-electron chi connectivity index (χ4n) is 4.48. The zero-order chi connectivity index (χ0) is 26.0. The number of imidazole rings is 1. The summed E-state index contributed by atoms with van der Waals surface area (Å²) in [5.74, 6) is -0.990. The van der Waals surface area contributed by atoms with Crippen LogP contribution in [-0.2, 0) is 19.3 Å². The van der Waals surface area contributed by atoms with Gasteiger partial charge in [0.05, 0.1) is 34.4 Å². The van der Waals surface area contributed by atoms with Gasteiger partial charge in [0.2, 0.25) is 0 Å². The Balaban J connectivity index is 1.57. The van der Waals surface area contributed by atoms with E-state index in [9.17, 15) is 18.0 Å². The number of halogens is 3. The van der Waals surface area contributed by atoms with Crippen LogP contribution in [0.5, 0.6) is 0 Å². The lowest BCUT2D eigenvalue weighted by molar-refractivity contribution is -0.177. The first-order chi connectivity index (χ1) is 17.1. The first-order valence-corrected chi connectivity index (χ1v) is 11.8. The van der Waals surface area contributed by atoms with Gasteiger partial charge in [-0.15, -0.1) is 0 Å². The minimum atomic E-state index is -4.24. The van der Waals surface area contributed by atoms with Gasteiger partial charge in [-0.2, -0.15) is 13.2 Å². The largest absolute Gasteiger partial charge is 0.392 e. The van der Waals surface area contributed by atoms with E-state index < -0.39 is 12.1 Å². The Morgan fingerprint density at radius 1 is 1.17 bits per heavy atom. The van der Waals surface area contributed by atoms with E-state index in [0.717, 1.165) is 5.56 Å². The van der Waals surface area contributed by atoms with Crippen molar-refractivity contribution in [3.63, 3.8) is 0 Å². The molecule has 0 saturated heterocycles. The second-order valence-corrected chi connectivity index (χ2v) is 8.82. The molecule has 4 rings (SSSR count). The maximum Gasteiger partial charge on any atom is 0.392 e. The summed E-state index contributed by atoms with van der Waals surface area (Å²) in [6, 6.07) is 7.05. The van der Waals surface area contributed by atoms with Crippen molar-refractivity contribution in [3.8, 4) is 11.3 Å². The molecule has 36 heavy (non-hydrogen) atoms. The number of nitrogens with zero attached hydrogens (tertiary/aromatic N) is 4. The lowest BCUT2D eigenvalue weighted by atomic mass is 9.88. The maximum atomic E-state index is 13.2. The Kier molecular flexibility index (Phi) is 7.10. The highest BCUT2D eigenvalue weighted by Gasteiger charge is 2.42. The van der Waals surface area contributed by atoms with Crippen LogP contribution in [0.25, 0.3) is 17.5 Å². The van der Waals surface area contributed by atoms with Crippen molar-refractivity contribution in [1.82, 2.24) is 19.5 Å². The number of hydrogen-bond acceptors (Lipinski definition) is 4. The lowest BCUT2D eigenvalue weighted by Gasteiger charge is -2.26. The van der Waals surface area contributed by atoms with Crippen LogP contribution in [0.1, 0.15) is 52.4 Å². The smallest absolute Gasteiger partial charge is 0.321 e. The minimum absolute atomic E-state index is 0.0416. The van der Waals surface area contributed by atoms with Crippen molar-refractivity contribution in [2.45, 2.75) is 52.6 Å². The standard InChI is InChI=1S/C27H28F3N5O/c1-5-7-14-35-17(4)32-21(6-2)25(35)26(36)33-20-11-8-18(9-12-20)24-16(3)31-22-13-10-19(27(28,29)30)15-23(22)34-24/h5,7-9,11-12,14,19H,1,6,10,13,15H2,2-4H3,(H,33,36)/b14-7-. The van der Waals surface area contributed by atoms with Gasteiger partial charge in [0.1, 0.15) is 11.5 Å². The number of rotatable bonds is 6. The van der Waals surface area contributed by atoms with Gasteiger partial charge >= 0.3 is 6.18 Å². The quantitative estimate of drug-likeness (QED) is 0.420. The monoisotopic (exact) mass is 495 g/mol. The third kappa shape index (κ3) is 5.10. The third-order valence-corrected chi connectivity index (χ3v) is 6.35. The summed E-state index contributed by atoms with van der Waals surface area (Å²) >= 11 is 0. The summed E-state index contributed by atoms with van der Waals surface area (Å²) in [6.45, 7) is 9.25. The molecule has 0 spiro atoms. The molecule has 1 N–H and O–H groups in total. The number of benzene rings is 1. The molecule has 3 aromatic rings. The first-order valence-electron chi connectivity index (χ1n) is 11.8. The molecular weight excluding hydrogens is 467 g/mol. The van der Waals surface area contributed by atoms with Crippen LogP contribution >= 0.6 is 0 Å². The topological polar surface area (TPSA) is 72.7 Å². The normalized spacial score (nSPS) is 15.7. The Labute approximate surface area is 208 Å². The summed E-state index contributed by atoms with van der Waals surface area (Å²) < 4.78 is 41.5. The second kappa shape index (κ2) is 10.1. The van der Waals surface area contributed by atoms with Crippen molar-refractivity contribution in [1.29, 1.82) is 0 Å². The molecule has 2 heterocycles. The van der Waals surface area contributed by atoms with Crippen molar-refractivity contribution in [2.75, 3.05) is 5.32 Å². The number of aryl methyl sites for hydroxylation is 4. The minimum Gasteiger partial charge on any atom is -0.321 e. The fraction of sp³-hybridized carbons (Fsp3) is 0.333. The van der Waals surface area contributed by atoms with E-state index in [-0.39, 0.29) is 25.2 Å². The van der Waals surface area contributed by atoms with Gasteiger partial charge in [-0.05, 0) is 51.3 Å². The number of fused-ring (bicyclic) bond motifs is 1. The molecule has 1 amide bonds.